The first-order chi connectivity index (χ1) is 10.1. The van der Waals surface area contributed by atoms with E-state index in [1.54, 1.807) is 6.07 Å². The van der Waals surface area contributed by atoms with E-state index in [9.17, 15) is 9.59 Å². The normalized spacial score (nSPS) is 15.3. The maximum absolute atomic E-state index is 11.8. The highest BCUT2D eigenvalue weighted by atomic mass is 16.4. The molecule has 1 aromatic carbocycles. The zero-order valence-electron chi connectivity index (χ0n) is 11.4. The number of carboxylic acids is 1. The van der Waals surface area contributed by atoms with Crippen LogP contribution in [0.4, 0.5) is 11.4 Å². The van der Waals surface area contributed by atoms with Crippen LogP contribution in [0.5, 0.6) is 0 Å². The van der Waals surface area contributed by atoms with Gasteiger partial charge < -0.3 is 19.7 Å². The number of nitrogens with zero attached hydrogens (tertiary/aromatic N) is 1. The SMILES string of the molecule is CC(c1ccc(C(=O)O)o1)N1CC(=O)Nc2ccccc21. The van der Waals surface area contributed by atoms with Gasteiger partial charge >= 0.3 is 5.97 Å². The maximum Gasteiger partial charge on any atom is 0.371 e. The molecule has 0 aliphatic carbocycles. The summed E-state index contributed by atoms with van der Waals surface area (Å²) in [5.74, 6) is -0.806. The fraction of sp³-hybridized carbons (Fsp3) is 0.200. The molecule has 1 aliphatic heterocycles. The van der Waals surface area contributed by atoms with Crippen LogP contribution in [0, 0.1) is 0 Å². The Bertz CT molecular complexity index is 707. The highest BCUT2D eigenvalue weighted by Crippen LogP contribution is 2.35. The molecule has 1 aliphatic rings. The number of aromatic carboxylic acids is 1. The Morgan fingerprint density at radius 3 is 2.81 bits per heavy atom. The lowest BCUT2D eigenvalue weighted by atomic mass is 10.1. The molecule has 2 aromatic rings. The Hall–Kier alpha value is -2.76. The van der Waals surface area contributed by atoms with Crippen LogP contribution in [-0.2, 0) is 4.79 Å². The average molecular weight is 286 g/mol. The minimum Gasteiger partial charge on any atom is -0.475 e. The van der Waals surface area contributed by atoms with Gasteiger partial charge in [-0.2, -0.15) is 0 Å². The Labute approximate surface area is 121 Å². The lowest BCUT2D eigenvalue weighted by Crippen LogP contribution is -2.39. The lowest BCUT2D eigenvalue weighted by Gasteiger charge is -2.34. The molecule has 6 nitrogen and oxygen atoms in total. The molecule has 0 saturated carbocycles. The Morgan fingerprint density at radius 2 is 2.10 bits per heavy atom. The maximum atomic E-state index is 11.8. The molecule has 3 rings (SSSR count). The van der Waals surface area contributed by atoms with Crippen LogP contribution in [0.1, 0.15) is 29.3 Å². The van der Waals surface area contributed by atoms with Crippen molar-refractivity contribution in [1.82, 2.24) is 0 Å². The molecule has 0 fully saturated rings. The number of fused-ring (bicyclic) bond motifs is 1. The zero-order valence-corrected chi connectivity index (χ0v) is 11.4. The quantitative estimate of drug-likeness (QED) is 0.905. The molecule has 1 amide bonds. The number of para-hydroxylation sites is 2. The van der Waals surface area contributed by atoms with Gasteiger partial charge in [-0.15, -0.1) is 0 Å². The number of amides is 1. The predicted molar refractivity (Wildman–Crippen MR) is 76.5 cm³/mol. The van der Waals surface area contributed by atoms with E-state index in [0.29, 0.717) is 5.76 Å². The third-order valence-electron chi connectivity index (χ3n) is 3.52. The summed E-state index contributed by atoms with van der Waals surface area (Å²) < 4.78 is 5.34. The molecular weight excluding hydrogens is 272 g/mol. The summed E-state index contributed by atoms with van der Waals surface area (Å²) in [5, 5.41) is 11.7. The number of carboxylic acid groups (broad SMARTS) is 1. The van der Waals surface area contributed by atoms with E-state index >= 15 is 0 Å². The molecule has 1 unspecified atom stereocenters. The first-order valence-electron chi connectivity index (χ1n) is 6.55. The van der Waals surface area contributed by atoms with Gasteiger partial charge in [-0.25, -0.2) is 4.79 Å². The van der Waals surface area contributed by atoms with Crippen molar-refractivity contribution >= 4 is 23.3 Å². The number of carbonyl (C=O) groups excluding carboxylic acids is 1. The van der Waals surface area contributed by atoms with Gasteiger partial charge in [0.25, 0.3) is 0 Å². The van der Waals surface area contributed by atoms with Gasteiger partial charge in [-0.1, -0.05) is 12.1 Å². The van der Waals surface area contributed by atoms with Gasteiger partial charge in [0.05, 0.1) is 24.0 Å². The van der Waals surface area contributed by atoms with Gasteiger partial charge in [0.2, 0.25) is 11.7 Å². The second-order valence-corrected chi connectivity index (χ2v) is 4.88. The minimum atomic E-state index is -1.11. The molecular formula is C15H14N2O4. The third-order valence-corrected chi connectivity index (χ3v) is 3.52. The number of furan rings is 1. The summed E-state index contributed by atoms with van der Waals surface area (Å²) in [4.78, 5) is 24.6. The molecule has 0 spiro atoms. The van der Waals surface area contributed by atoms with Crippen LogP contribution in [0.2, 0.25) is 0 Å². The molecule has 21 heavy (non-hydrogen) atoms. The highest BCUT2D eigenvalue weighted by Gasteiger charge is 2.28. The van der Waals surface area contributed by atoms with Crippen molar-refractivity contribution in [3.63, 3.8) is 0 Å². The van der Waals surface area contributed by atoms with Crippen molar-refractivity contribution in [3.8, 4) is 0 Å². The van der Waals surface area contributed by atoms with Crippen LogP contribution >= 0.6 is 0 Å². The fourth-order valence-electron chi connectivity index (χ4n) is 2.45. The van der Waals surface area contributed by atoms with E-state index in [0.717, 1.165) is 11.4 Å². The number of nitrogens with one attached hydrogen (secondary N) is 1. The van der Waals surface area contributed by atoms with Crippen molar-refractivity contribution in [1.29, 1.82) is 0 Å². The number of benzene rings is 1. The first kappa shape index (κ1) is 13.2. The molecule has 2 N–H and O–H groups in total. The highest BCUT2D eigenvalue weighted by molar-refractivity contribution is 6.01. The molecule has 108 valence electrons. The first-order valence-corrected chi connectivity index (χ1v) is 6.55. The summed E-state index contributed by atoms with van der Waals surface area (Å²) in [6.07, 6.45) is 0. The topological polar surface area (TPSA) is 82.8 Å². The second-order valence-electron chi connectivity index (χ2n) is 4.88. The van der Waals surface area contributed by atoms with Crippen molar-refractivity contribution in [2.75, 3.05) is 16.8 Å². The van der Waals surface area contributed by atoms with Gasteiger partial charge in [0.1, 0.15) is 5.76 Å². The van der Waals surface area contributed by atoms with E-state index in [4.69, 9.17) is 9.52 Å². The smallest absolute Gasteiger partial charge is 0.371 e. The predicted octanol–water partition coefficient (Wildman–Crippen LogP) is 2.50. The van der Waals surface area contributed by atoms with Crippen LogP contribution in [0.15, 0.2) is 40.8 Å². The van der Waals surface area contributed by atoms with E-state index in [-0.39, 0.29) is 24.3 Å². The molecule has 0 saturated heterocycles. The van der Waals surface area contributed by atoms with Crippen molar-refractivity contribution in [3.05, 3.63) is 47.9 Å². The zero-order chi connectivity index (χ0) is 15.0. The number of carbonyl (C=O) groups is 2. The third kappa shape index (κ3) is 2.35. The molecule has 2 heterocycles. The largest absolute Gasteiger partial charge is 0.475 e. The van der Waals surface area contributed by atoms with Crippen LogP contribution in [0.25, 0.3) is 0 Å². The summed E-state index contributed by atoms with van der Waals surface area (Å²) in [7, 11) is 0. The summed E-state index contributed by atoms with van der Waals surface area (Å²) in [6.45, 7) is 2.07. The molecule has 6 heteroatoms. The van der Waals surface area contributed by atoms with E-state index in [1.807, 2.05) is 36.1 Å². The fourth-order valence-corrected chi connectivity index (χ4v) is 2.45. The number of hydrogen-bond acceptors (Lipinski definition) is 4. The Kier molecular flexibility index (Phi) is 3.13. The molecule has 0 bridgehead atoms. The van der Waals surface area contributed by atoms with Gasteiger partial charge in [-0.05, 0) is 31.2 Å². The van der Waals surface area contributed by atoms with Crippen molar-refractivity contribution in [2.24, 2.45) is 0 Å². The minimum absolute atomic E-state index is 0.105. The summed E-state index contributed by atoms with van der Waals surface area (Å²) in [5.41, 5.74) is 1.63. The number of anilines is 2. The van der Waals surface area contributed by atoms with E-state index < -0.39 is 5.97 Å². The summed E-state index contributed by atoms with van der Waals surface area (Å²) >= 11 is 0. The average Bonchev–Trinajstić information content (AvgIpc) is 2.95. The Morgan fingerprint density at radius 1 is 1.33 bits per heavy atom. The molecule has 0 radical (unpaired) electrons. The lowest BCUT2D eigenvalue weighted by molar-refractivity contribution is -0.115. The molecule has 1 aromatic heterocycles. The summed E-state index contributed by atoms with van der Waals surface area (Å²) in [6, 6.07) is 10.3. The van der Waals surface area contributed by atoms with Crippen LogP contribution in [0.3, 0.4) is 0 Å². The van der Waals surface area contributed by atoms with Gasteiger partial charge in [-0.3, -0.25) is 4.79 Å². The standard InChI is InChI=1S/C15H14N2O4/c1-9(12-6-7-13(21-12)15(19)20)17-8-14(18)16-10-4-2-3-5-11(10)17/h2-7,9H,8H2,1H3,(H,16,18)(H,19,20). The monoisotopic (exact) mass is 286 g/mol. The number of hydrogen-bond donors (Lipinski definition) is 2. The van der Waals surface area contributed by atoms with E-state index in [2.05, 4.69) is 5.32 Å². The van der Waals surface area contributed by atoms with Crippen molar-refractivity contribution in [2.45, 2.75) is 13.0 Å². The van der Waals surface area contributed by atoms with Crippen LogP contribution in [-0.4, -0.2) is 23.5 Å². The second kappa shape index (κ2) is 4.97. The van der Waals surface area contributed by atoms with Gasteiger partial charge in [0, 0.05) is 0 Å². The van der Waals surface area contributed by atoms with Crippen LogP contribution < -0.4 is 10.2 Å². The van der Waals surface area contributed by atoms with E-state index in [1.165, 1.54) is 6.07 Å². The Balaban J connectivity index is 1.95. The molecule has 1 atom stereocenters. The van der Waals surface area contributed by atoms with Gasteiger partial charge in [0.15, 0.2) is 0 Å². The van der Waals surface area contributed by atoms with Crippen molar-refractivity contribution < 1.29 is 19.1 Å². The number of rotatable bonds is 3.